The standard InChI is InChI=1S/C15H13ClF3N/c16-14-7-3-5-10(12(14)8-9-20)11-4-1-2-6-13(11)15(17,18)19/h1-7H,8-9,20H2. The second-order valence-corrected chi connectivity index (χ2v) is 4.76. The summed E-state index contributed by atoms with van der Waals surface area (Å²) < 4.78 is 39.3. The summed E-state index contributed by atoms with van der Waals surface area (Å²) in [5.74, 6) is 0. The molecule has 1 nitrogen and oxygen atoms in total. The van der Waals surface area contributed by atoms with E-state index in [1.807, 2.05) is 0 Å². The molecule has 0 heterocycles. The quantitative estimate of drug-likeness (QED) is 0.885. The molecule has 0 bridgehead atoms. The van der Waals surface area contributed by atoms with Crippen LogP contribution in [0.3, 0.4) is 0 Å². The van der Waals surface area contributed by atoms with Crippen LogP contribution in [0.15, 0.2) is 42.5 Å². The minimum atomic E-state index is -4.40. The zero-order valence-corrected chi connectivity index (χ0v) is 11.3. The highest BCUT2D eigenvalue weighted by Gasteiger charge is 2.33. The van der Waals surface area contributed by atoms with Crippen LogP contribution in [-0.2, 0) is 12.6 Å². The number of hydrogen-bond donors (Lipinski definition) is 1. The lowest BCUT2D eigenvalue weighted by Gasteiger charge is -2.16. The van der Waals surface area contributed by atoms with Gasteiger partial charge in [0.15, 0.2) is 0 Å². The second kappa shape index (κ2) is 5.85. The lowest BCUT2D eigenvalue weighted by atomic mass is 9.93. The predicted molar refractivity (Wildman–Crippen MR) is 74.6 cm³/mol. The average Bonchev–Trinajstić information content (AvgIpc) is 2.40. The van der Waals surface area contributed by atoms with Gasteiger partial charge in [-0.15, -0.1) is 0 Å². The molecule has 0 unspecified atom stereocenters. The van der Waals surface area contributed by atoms with Crippen molar-refractivity contribution in [1.82, 2.24) is 0 Å². The fourth-order valence-electron chi connectivity index (χ4n) is 2.17. The van der Waals surface area contributed by atoms with Crippen molar-refractivity contribution >= 4 is 11.6 Å². The van der Waals surface area contributed by atoms with E-state index < -0.39 is 11.7 Å². The maximum absolute atomic E-state index is 13.1. The van der Waals surface area contributed by atoms with Crippen molar-refractivity contribution in [2.45, 2.75) is 12.6 Å². The van der Waals surface area contributed by atoms with Gasteiger partial charge in [-0.2, -0.15) is 13.2 Å². The number of halogens is 4. The SMILES string of the molecule is NCCc1c(Cl)cccc1-c1ccccc1C(F)(F)F. The lowest BCUT2D eigenvalue weighted by molar-refractivity contribution is -0.137. The predicted octanol–water partition coefficient (Wildman–Crippen LogP) is 4.53. The Morgan fingerprint density at radius 1 is 0.950 bits per heavy atom. The van der Waals surface area contributed by atoms with Crippen LogP contribution in [0.5, 0.6) is 0 Å². The van der Waals surface area contributed by atoms with Gasteiger partial charge in [-0.25, -0.2) is 0 Å². The minimum absolute atomic E-state index is 0.131. The van der Waals surface area contributed by atoms with Crippen LogP contribution in [0.4, 0.5) is 13.2 Å². The highest BCUT2D eigenvalue weighted by Crippen LogP contribution is 2.39. The Hall–Kier alpha value is -1.52. The third-order valence-corrected chi connectivity index (χ3v) is 3.39. The molecule has 0 spiro atoms. The molecule has 0 aliphatic heterocycles. The molecule has 2 aromatic carbocycles. The maximum Gasteiger partial charge on any atom is 0.417 e. The Bertz CT molecular complexity index is 608. The maximum atomic E-state index is 13.1. The summed E-state index contributed by atoms with van der Waals surface area (Å²) in [6.45, 7) is 0.324. The zero-order valence-electron chi connectivity index (χ0n) is 10.5. The van der Waals surface area contributed by atoms with Gasteiger partial charge in [0.25, 0.3) is 0 Å². The van der Waals surface area contributed by atoms with Gasteiger partial charge in [0.05, 0.1) is 5.56 Å². The van der Waals surface area contributed by atoms with E-state index in [1.165, 1.54) is 12.1 Å². The fourth-order valence-corrected chi connectivity index (χ4v) is 2.44. The summed E-state index contributed by atoms with van der Waals surface area (Å²) >= 11 is 6.09. The molecule has 0 saturated heterocycles. The summed E-state index contributed by atoms with van der Waals surface area (Å²) in [6.07, 6.45) is -3.97. The number of benzene rings is 2. The fraction of sp³-hybridized carbons (Fsp3) is 0.200. The zero-order chi connectivity index (χ0) is 14.8. The Balaban J connectivity index is 2.66. The van der Waals surface area contributed by atoms with Gasteiger partial charge in [-0.3, -0.25) is 0 Å². The smallest absolute Gasteiger partial charge is 0.330 e. The van der Waals surface area contributed by atoms with Crippen molar-refractivity contribution in [3.63, 3.8) is 0 Å². The second-order valence-electron chi connectivity index (χ2n) is 4.35. The van der Waals surface area contributed by atoms with Crippen molar-refractivity contribution in [1.29, 1.82) is 0 Å². The molecule has 2 aromatic rings. The molecule has 2 rings (SSSR count). The molecule has 0 fully saturated rings. The van der Waals surface area contributed by atoms with E-state index in [-0.39, 0.29) is 5.56 Å². The van der Waals surface area contributed by atoms with Gasteiger partial charge >= 0.3 is 6.18 Å². The van der Waals surface area contributed by atoms with Crippen LogP contribution < -0.4 is 5.73 Å². The molecule has 0 aromatic heterocycles. The molecule has 0 amide bonds. The van der Waals surface area contributed by atoms with E-state index in [0.717, 1.165) is 6.07 Å². The van der Waals surface area contributed by atoms with Crippen LogP contribution >= 0.6 is 11.6 Å². The van der Waals surface area contributed by atoms with E-state index in [0.29, 0.717) is 29.1 Å². The molecule has 0 aliphatic rings. The van der Waals surface area contributed by atoms with Gasteiger partial charge in [0, 0.05) is 5.02 Å². The minimum Gasteiger partial charge on any atom is -0.330 e. The van der Waals surface area contributed by atoms with Crippen LogP contribution in [0.25, 0.3) is 11.1 Å². The molecular formula is C15H13ClF3N. The summed E-state index contributed by atoms with van der Waals surface area (Å²) in [6, 6.07) is 10.4. The Kier molecular flexibility index (Phi) is 4.35. The molecule has 0 radical (unpaired) electrons. The first-order chi connectivity index (χ1) is 9.45. The summed E-state index contributed by atoms with van der Waals surface area (Å²) in [7, 11) is 0. The molecule has 2 N–H and O–H groups in total. The van der Waals surface area contributed by atoms with Crippen LogP contribution in [0.1, 0.15) is 11.1 Å². The van der Waals surface area contributed by atoms with E-state index in [1.54, 1.807) is 24.3 Å². The highest BCUT2D eigenvalue weighted by atomic mass is 35.5. The van der Waals surface area contributed by atoms with Crippen LogP contribution in [0, 0.1) is 0 Å². The van der Waals surface area contributed by atoms with Crippen molar-refractivity contribution in [2.24, 2.45) is 5.73 Å². The van der Waals surface area contributed by atoms with Gasteiger partial charge in [0.2, 0.25) is 0 Å². The molecular weight excluding hydrogens is 287 g/mol. The van der Waals surface area contributed by atoms with Gasteiger partial charge < -0.3 is 5.73 Å². The number of rotatable bonds is 3. The average molecular weight is 300 g/mol. The molecule has 106 valence electrons. The van der Waals surface area contributed by atoms with Gasteiger partial charge in [0.1, 0.15) is 0 Å². The van der Waals surface area contributed by atoms with Gasteiger partial charge in [-0.1, -0.05) is 41.9 Å². The first-order valence-corrected chi connectivity index (χ1v) is 6.47. The van der Waals surface area contributed by atoms with Crippen molar-refractivity contribution < 1.29 is 13.2 Å². The van der Waals surface area contributed by atoms with E-state index in [2.05, 4.69) is 0 Å². The van der Waals surface area contributed by atoms with Gasteiger partial charge in [-0.05, 0) is 41.8 Å². The lowest BCUT2D eigenvalue weighted by Crippen LogP contribution is -2.09. The number of hydrogen-bond acceptors (Lipinski definition) is 1. The van der Waals surface area contributed by atoms with Crippen molar-refractivity contribution in [3.8, 4) is 11.1 Å². The first kappa shape index (κ1) is 14.9. The topological polar surface area (TPSA) is 26.0 Å². The molecule has 0 aliphatic carbocycles. The van der Waals surface area contributed by atoms with E-state index in [4.69, 9.17) is 17.3 Å². The van der Waals surface area contributed by atoms with E-state index in [9.17, 15) is 13.2 Å². The Labute approximate surface area is 120 Å². The van der Waals surface area contributed by atoms with Crippen molar-refractivity contribution in [3.05, 3.63) is 58.6 Å². The third kappa shape index (κ3) is 2.97. The summed E-state index contributed by atoms with van der Waals surface area (Å²) in [4.78, 5) is 0. The number of alkyl halides is 3. The van der Waals surface area contributed by atoms with E-state index >= 15 is 0 Å². The Morgan fingerprint density at radius 2 is 1.60 bits per heavy atom. The largest absolute Gasteiger partial charge is 0.417 e. The van der Waals surface area contributed by atoms with Crippen LogP contribution in [-0.4, -0.2) is 6.54 Å². The summed E-state index contributed by atoms with van der Waals surface area (Å²) in [5.41, 5.74) is 6.11. The Morgan fingerprint density at radius 3 is 2.25 bits per heavy atom. The first-order valence-electron chi connectivity index (χ1n) is 6.09. The van der Waals surface area contributed by atoms with Crippen molar-refractivity contribution in [2.75, 3.05) is 6.54 Å². The molecule has 0 atom stereocenters. The number of nitrogens with two attached hydrogens (primary N) is 1. The molecule has 5 heteroatoms. The highest BCUT2D eigenvalue weighted by molar-refractivity contribution is 6.31. The molecule has 0 saturated carbocycles. The van der Waals surface area contributed by atoms with Crippen LogP contribution in [0.2, 0.25) is 5.02 Å². The third-order valence-electron chi connectivity index (χ3n) is 3.04. The normalized spacial score (nSPS) is 11.7. The summed E-state index contributed by atoms with van der Waals surface area (Å²) in [5, 5.41) is 0.435. The monoisotopic (exact) mass is 299 g/mol. The molecule has 20 heavy (non-hydrogen) atoms.